The number of ether oxygens (including phenoxy) is 8. The van der Waals surface area contributed by atoms with E-state index < -0.39 is 49.9 Å². The number of hydrogen-bond acceptors (Lipinski definition) is 21. The van der Waals surface area contributed by atoms with Gasteiger partial charge in [0.1, 0.15) is 36.6 Å². The topological polar surface area (TPSA) is 310 Å². The van der Waals surface area contributed by atoms with Crippen molar-refractivity contribution in [3.63, 3.8) is 0 Å². The van der Waals surface area contributed by atoms with Crippen molar-refractivity contribution in [2.45, 2.75) is 140 Å². The lowest BCUT2D eigenvalue weighted by molar-refractivity contribution is 0.00553. The van der Waals surface area contributed by atoms with Gasteiger partial charge in [0, 0.05) is 61.0 Å². The second kappa shape index (κ2) is 46.9. The van der Waals surface area contributed by atoms with Crippen LogP contribution in [0.5, 0.6) is 0 Å². The van der Waals surface area contributed by atoms with Crippen LogP contribution < -0.4 is 0 Å². The molecule has 0 bridgehead atoms. The van der Waals surface area contributed by atoms with Crippen LogP contribution in [0.3, 0.4) is 0 Å². The summed E-state index contributed by atoms with van der Waals surface area (Å²) < 4.78 is 59.2. The number of aliphatic hydroxyl groups excluding tert-OH is 8. The molecule has 0 spiro atoms. The van der Waals surface area contributed by atoms with E-state index in [4.69, 9.17) is 92.0 Å². The SMILES string of the molecule is C.C.C.CO[Si](C)(CCCOCC(O)CO)CCCOCC(O)CO.CO[Si](CCCOCC1CO1)(CCCOCC1CO1)OC.OCC(O)COCCC[Si](O)(O)CCCOCC(O)CO. The van der Waals surface area contributed by atoms with E-state index in [0.717, 1.165) is 76.3 Å². The molecule has 21 nitrogen and oxygen atoms in total. The lowest BCUT2D eigenvalue weighted by atomic mass is 10.4. The summed E-state index contributed by atoms with van der Waals surface area (Å²) in [4.78, 5) is 19.7. The highest BCUT2D eigenvalue weighted by Gasteiger charge is 2.35. The fourth-order valence-electron chi connectivity index (χ4n) is 5.82. The smallest absolute Gasteiger partial charge is 0.337 e. The molecule has 2 aliphatic rings. The van der Waals surface area contributed by atoms with E-state index >= 15 is 0 Å². The fraction of sp³-hybridized carbons (Fsp3) is 1.00. The summed E-state index contributed by atoms with van der Waals surface area (Å²) in [6.45, 7) is 7.56. The van der Waals surface area contributed by atoms with Crippen molar-refractivity contribution in [3.05, 3.63) is 0 Å². The zero-order valence-electron chi connectivity index (χ0n) is 39.1. The average molecular weight is 1040 g/mol. The van der Waals surface area contributed by atoms with Gasteiger partial charge in [-0.3, -0.25) is 0 Å². The molecule has 0 aromatic rings. The number of aliphatic hydroxyl groups is 8. The molecule has 0 aliphatic carbocycles. The van der Waals surface area contributed by atoms with Gasteiger partial charge >= 0.3 is 17.1 Å². The van der Waals surface area contributed by atoms with Gasteiger partial charge in [0.2, 0.25) is 0 Å². The van der Waals surface area contributed by atoms with Crippen LogP contribution >= 0.6 is 0 Å². The first-order chi connectivity index (χ1) is 30.7. The lowest BCUT2D eigenvalue weighted by Crippen LogP contribution is -2.40. The molecule has 410 valence electrons. The van der Waals surface area contributed by atoms with Crippen LogP contribution in [0.25, 0.3) is 0 Å². The standard InChI is InChI=1S/C14H32O7Si.C14H28O6Si.C12H28O8Si.3CH4/c1-19-22(2,7-3-5-20-11-13(17)9-15)8-4-6-21-12-14(18)10-16;1-15-21(16-2,7-3-5-17-9-13-11-19-13)8-4-6-18-10-14-12-20-14;13-7-11(15)9-19-3-1-5-21(17,18)6-2-4-20-10-12(16)8-14;;;/h13-18H,3-12H2,1-2H3;13-14H,3-12H2,1-2H3;11-18H,1-10H2;3*1H4. The molecule has 0 amide bonds. The first-order valence-electron chi connectivity index (χ1n) is 22.6. The molecule has 10 N–H and O–H groups in total. The number of epoxide rings is 2. The van der Waals surface area contributed by atoms with Crippen molar-refractivity contribution in [2.75, 3.05) is 140 Å². The summed E-state index contributed by atoms with van der Waals surface area (Å²) in [6.07, 6.45) is 1.86. The highest BCUT2D eigenvalue weighted by molar-refractivity contribution is 6.72. The molecular weight excluding hydrogens is 937 g/mol. The Hall–Kier alpha value is -0.189. The Morgan fingerprint density at radius 3 is 0.970 bits per heavy atom. The Balaban J connectivity index is -0.000000435. The Morgan fingerprint density at radius 2 is 0.716 bits per heavy atom. The molecule has 2 heterocycles. The van der Waals surface area contributed by atoms with E-state index in [-0.39, 0.29) is 87.2 Å². The number of rotatable bonds is 43. The zero-order chi connectivity index (χ0) is 48.0. The monoisotopic (exact) mass is 1040 g/mol. The summed E-state index contributed by atoms with van der Waals surface area (Å²) in [5.74, 6) is 0. The van der Waals surface area contributed by atoms with Gasteiger partial charge in [-0.1, -0.05) is 22.3 Å². The third-order valence-electron chi connectivity index (χ3n) is 10.1. The van der Waals surface area contributed by atoms with Crippen molar-refractivity contribution < 1.29 is 102 Å². The van der Waals surface area contributed by atoms with Gasteiger partial charge in [0.25, 0.3) is 0 Å². The Kier molecular flexibility index (Phi) is 51.3. The summed E-state index contributed by atoms with van der Waals surface area (Å²) in [6, 6.07) is 4.35. The molecule has 24 heteroatoms. The fourth-order valence-corrected chi connectivity index (χ4v) is 12.5. The summed E-state index contributed by atoms with van der Waals surface area (Å²) in [7, 11) is -1.88. The van der Waals surface area contributed by atoms with Gasteiger partial charge < -0.3 is 102 Å². The number of hydrogen-bond donors (Lipinski definition) is 10. The molecule has 2 saturated heterocycles. The van der Waals surface area contributed by atoms with Crippen molar-refractivity contribution in [1.82, 2.24) is 0 Å². The predicted octanol–water partition coefficient (Wildman–Crippen LogP) is 0.902. The minimum atomic E-state index is -3.26. The lowest BCUT2D eigenvalue weighted by Gasteiger charge is -2.27. The van der Waals surface area contributed by atoms with Crippen molar-refractivity contribution >= 4 is 25.4 Å². The van der Waals surface area contributed by atoms with E-state index in [2.05, 4.69) is 6.55 Å². The third kappa shape index (κ3) is 45.4. The summed E-state index contributed by atoms with van der Waals surface area (Å²) in [5, 5.41) is 70.8. The van der Waals surface area contributed by atoms with Crippen LogP contribution in [0.4, 0.5) is 0 Å². The summed E-state index contributed by atoms with van der Waals surface area (Å²) in [5.41, 5.74) is 0. The molecule has 2 aliphatic heterocycles. The maximum Gasteiger partial charge on any atom is 0.337 e. The molecule has 67 heavy (non-hydrogen) atoms. The predicted molar refractivity (Wildman–Crippen MR) is 262 cm³/mol. The molecule has 6 atom stereocenters. The van der Waals surface area contributed by atoms with E-state index in [1.807, 2.05) is 0 Å². The molecular formula is C43H100O21Si3. The Labute approximate surface area is 406 Å². The quantitative estimate of drug-likeness (QED) is 0.0231. The van der Waals surface area contributed by atoms with Gasteiger partial charge in [-0.2, -0.15) is 0 Å². The molecule has 2 rings (SSSR count). The van der Waals surface area contributed by atoms with Gasteiger partial charge in [-0.05, 0) is 81.3 Å². The molecule has 0 saturated carbocycles. The molecule has 6 unspecified atom stereocenters. The third-order valence-corrected chi connectivity index (χ3v) is 20.0. The molecule has 0 radical (unpaired) electrons. The van der Waals surface area contributed by atoms with E-state index in [1.165, 1.54) is 0 Å². The van der Waals surface area contributed by atoms with Crippen LogP contribution in [0.1, 0.15) is 60.8 Å². The maximum absolute atomic E-state index is 9.83. The first kappa shape index (κ1) is 73.3. The van der Waals surface area contributed by atoms with Gasteiger partial charge in [-0.25, -0.2) is 0 Å². The molecule has 2 fully saturated rings. The van der Waals surface area contributed by atoms with Crippen LogP contribution in [0, 0.1) is 0 Å². The van der Waals surface area contributed by atoms with Gasteiger partial charge in [0.15, 0.2) is 8.32 Å². The molecule has 0 aromatic heterocycles. The van der Waals surface area contributed by atoms with Gasteiger partial charge in [0.05, 0.1) is 79.3 Å². The van der Waals surface area contributed by atoms with Crippen LogP contribution in [0.15, 0.2) is 0 Å². The maximum atomic E-state index is 9.83. The second-order valence-corrected chi connectivity index (χ2v) is 27.2. The van der Waals surface area contributed by atoms with Crippen LogP contribution in [-0.4, -0.2) is 253 Å². The van der Waals surface area contributed by atoms with Crippen LogP contribution in [-0.2, 0) is 51.2 Å². The van der Waals surface area contributed by atoms with E-state index in [9.17, 15) is 9.59 Å². The minimum absolute atomic E-state index is 0. The Bertz CT molecular complexity index is 955. The zero-order valence-corrected chi connectivity index (χ0v) is 42.1. The van der Waals surface area contributed by atoms with E-state index in [0.29, 0.717) is 64.7 Å². The van der Waals surface area contributed by atoms with Crippen molar-refractivity contribution in [1.29, 1.82) is 0 Å². The molecule has 0 aromatic carbocycles. The Morgan fingerprint density at radius 1 is 0.448 bits per heavy atom. The highest BCUT2D eigenvalue weighted by atomic mass is 28.4. The largest absolute Gasteiger partial charge is 0.420 e. The average Bonchev–Trinajstić information content (AvgIpc) is 4.25. The van der Waals surface area contributed by atoms with Crippen molar-refractivity contribution in [3.8, 4) is 0 Å². The van der Waals surface area contributed by atoms with Crippen LogP contribution in [0.2, 0.25) is 42.8 Å². The highest BCUT2D eigenvalue weighted by Crippen LogP contribution is 2.23. The second-order valence-electron chi connectivity index (χ2n) is 16.3. The first-order valence-corrected chi connectivity index (χ1v) is 30.0. The van der Waals surface area contributed by atoms with Crippen molar-refractivity contribution in [2.24, 2.45) is 0 Å². The summed E-state index contributed by atoms with van der Waals surface area (Å²) >= 11 is 0. The van der Waals surface area contributed by atoms with E-state index in [1.54, 1.807) is 21.3 Å². The minimum Gasteiger partial charge on any atom is -0.420 e. The van der Waals surface area contributed by atoms with Gasteiger partial charge in [-0.15, -0.1) is 0 Å². The normalized spacial score (nSPS) is 18.0.